The van der Waals surface area contributed by atoms with Gasteiger partial charge in [-0.3, -0.25) is 0 Å². The first-order chi connectivity index (χ1) is 8.36. The van der Waals surface area contributed by atoms with E-state index < -0.39 is 26.7 Å². The van der Waals surface area contributed by atoms with Crippen molar-refractivity contribution in [2.75, 3.05) is 6.54 Å². The van der Waals surface area contributed by atoms with Crippen molar-refractivity contribution in [2.45, 2.75) is 11.8 Å². The number of halogens is 1. The second-order valence-electron chi connectivity index (χ2n) is 3.36. The average molecular weight is 273 g/mol. The molecule has 1 aromatic carbocycles. The lowest BCUT2D eigenvalue weighted by atomic mass is 10.2. The minimum atomic E-state index is -3.85. The SMILES string of the molecule is CCNS(=O)(=O)c1ccc(/C=C/C(=O)O)cc1F. The molecule has 0 aliphatic carbocycles. The second-order valence-corrected chi connectivity index (χ2v) is 5.10. The Balaban J connectivity index is 3.11. The zero-order valence-electron chi connectivity index (χ0n) is 9.55. The number of benzene rings is 1. The van der Waals surface area contributed by atoms with Gasteiger partial charge in [-0.05, 0) is 23.8 Å². The van der Waals surface area contributed by atoms with Crippen molar-refractivity contribution in [1.82, 2.24) is 4.72 Å². The topological polar surface area (TPSA) is 83.5 Å². The number of aliphatic carboxylic acids is 1. The highest BCUT2D eigenvalue weighted by molar-refractivity contribution is 7.89. The number of nitrogens with one attached hydrogen (secondary N) is 1. The van der Waals surface area contributed by atoms with Crippen LogP contribution in [0.1, 0.15) is 12.5 Å². The predicted molar refractivity (Wildman–Crippen MR) is 63.9 cm³/mol. The molecule has 0 radical (unpaired) electrons. The number of carboxylic acids is 1. The van der Waals surface area contributed by atoms with E-state index in [4.69, 9.17) is 5.11 Å². The first-order valence-electron chi connectivity index (χ1n) is 5.07. The van der Waals surface area contributed by atoms with Gasteiger partial charge in [-0.2, -0.15) is 0 Å². The number of rotatable bonds is 5. The molecule has 1 rings (SSSR count). The summed E-state index contributed by atoms with van der Waals surface area (Å²) >= 11 is 0. The summed E-state index contributed by atoms with van der Waals surface area (Å²) in [6.07, 6.45) is 2.02. The van der Waals surface area contributed by atoms with Gasteiger partial charge >= 0.3 is 5.97 Å². The van der Waals surface area contributed by atoms with E-state index in [1.54, 1.807) is 6.92 Å². The molecule has 2 N–H and O–H groups in total. The van der Waals surface area contributed by atoms with Crippen LogP contribution >= 0.6 is 0 Å². The van der Waals surface area contributed by atoms with Gasteiger partial charge in [-0.15, -0.1) is 0 Å². The van der Waals surface area contributed by atoms with E-state index >= 15 is 0 Å². The van der Waals surface area contributed by atoms with Crippen LogP contribution in [0.3, 0.4) is 0 Å². The Morgan fingerprint density at radius 2 is 2.17 bits per heavy atom. The number of hydrogen-bond donors (Lipinski definition) is 2. The van der Waals surface area contributed by atoms with Gasteiger partial charge in [-0.25, -0.2) is 22.3 Å². The van der Waals surface area contributed by atoms with Crippen molar-refractivity contribution in [2.24, 2.45) is 0 Å². The molecule has 0 aromatic heterocycles. The van der Waals surface area contributed by atoms with Gasteiger partial charge in [0, 0.05) is 12.6 Å². The Labute approximate surface area is 104 Å². The molecule has 0 amide bonds. The molecule has 0 heterocycles. The fourth-order valence-electron chi connectivity index (χ4n) is 1.27. The molecule has 0 aliphatic rings. The number of hydrogen-bond acceptors (Lipinski definition) is 3. The molecule has 0 aliphatic heterocycles. The van der Waals surface area contributed by atoms with Crippen LogP contribution in [0.5, 0.6) is 0 Å². The minimum Gasteiger partial charge on any atom is -0.478 e. The molecule has 0 saturated heterocycles. The zero-order chi connectivity index (χ0) is 13.8. The van der Waals surface area contributed by atoms with Crippen molar-refractivity contribution in [1.29, 1.82) is 0 Å². The van der Waals surface area contributed by atoms with Gasteiger partial charge < -0.3 is 5.11 Å². The molecule has 0 fully saturated rings. The molecule has 0 unspecified atom stereocenters. The minimum absolute atomic E-state index is 0.155. The van der Waals surface area contributed by atoms with Crippen LogP contribution in [0.2, 0.25) is 0 Å². The molecular weight excluding hydrogens is 261 g/mol. The van der Waals surface area contributed by atoms with Gasteiger partial charge in [0.15, 0.2) is 0 Å². The standard InChI is InChI=1S/C11H12FNO4S/c1-2-13-18(16,17)10-5-3-8(7-9(10)12)4-6-11(14)15/h3-7,13H,2H2,1H3,(H,14,15)/b6-4+. The van der Waals surface area contributed by atoms with Crippen LogP contribution in [-0.2, 0) is 14.8 Å². The molecule has 0 bridgehead atoms. The van der Waals surface area contributed by atoms with Crippen molar-refractivity contribution in [3.63, 3.8) is 0 Å². The molecule has 0 spiro atoms. The summed E-state index contributed by atoms with van der Waals surface area (Å²) in [4.78, 5) is 9.82. The molecule has 5 nitrogen and oxygen atoms in total. The fourth-order valence-corrected chi connectivity index (χ4v) is 2.37. The van der Waals surface area contributed by atoms with Crippen LogP contribution in [0.15, 0.2) is 29.2 Å². The summed E-state index contributed by atoms with van der Waals surface area (Å²) in [5, 5.41) is 8.41. The van der Waals surface area contributed by atoms with Gasteiger partial charge in [0.1, 0.15) is 10.7 Å². The summed E-state index contributed by atoms with van der Waals surface area (Å²) in [5.74, 6) is -2.09. The summed E-state index contributed by atoms with van der Waals surface area (Å²) in [5.41, 5.74) is 0.269. The molecule has 0 saturated carbocycles. The smallest absolute Gasteiger partial charge is 0.328 e. The molecule has 1 aromatic rings. The Bertz CT molecular complexity index is 581. The fraction of sp³-hybridized carbons (Fsp3) is 0.182. The van der Waals surface area contributed by atoms with Crippen LogP contribution in [0.4, 0.5) is 4.39 Å². The maximum absolute atomic E-state index is 13.6. The van der Waals surface area contributed by atoms with E-state index in [2.05, 4.69) is 4.72 Å². The summed E-state index contributed by atoms with van der Waals surface area (Å²) < 4.78 is 38.9. The van der Waals surface area contributed by atoms with E-state index in [1.165, 1.54) is 12.1 Å². The third-order valence-electron chi connectivity index (χ3n) is 2.00. The van der Waals surface area contributed by atoms with E-state index in [0.29, 0.717) is 0 Å². The highest BCUT2D eigenvalue weighted by Gasteiger charge is 2.17. The average Bonchev–Trinajstić information content (AvgIpc) is 2.25. The van der Waals surface area contributed by atoms with Crippen molar-refractivity contribution in [3.8, 4) is 0 Å². The lowest BCUT2D eigenvalue weighted by Gasteiger charge is -2.06. The van der Waals surface area contributed by atoms with Crippen molar-refractivity contribution >= 4 is 22.1 Å². The first kappa shape index (κ1) is 14.3. The summed E-state index contributed by atoms with van der Waals surface area (Å²) in [6.45, 7) is 1.74. The Morgan fingerprint density at radius 1 is 1.50 bits per heavy atom. The monoisotopic (exact) mass is 273 g/mol. The van der Waals surface area contributed by atoms with Gasteiger partial charge in [-0.1, -0.05) is 13.0 Å². The summed E-state index contributed by atoms with van der Waals surface area (Å²) in [7, 11) is -3.85. The lowest BCUT2D eigenvalue weighted by Crippen LogP contribution is -2.24. The molecule has 7 heteroatoms. The van der Waals surface area contributed by atoms with Crippen LogP contribution in [0.25, 0.3) is 6.08 Å². The maximum Gasteiger partial charge on any atom is 0.328 e. The molecule has 18 heavy (non-hydrogen) atoms. The normalized spacial score (nSPS) is 11.9. The zero-order valence-corrected chi connectivity index (χ0v) is 10.4. The van der Waals surface area contributed by atoms with Crippen LogP contribution in [0, 0.1) is 5.82 Å². The number of sulfonamides is 1. The van der Waals surface area contributed by atoms with E-state index in [-0.39, 0.29) is 12.1 Å². The Morgan fingerprint density at radius 3 is 2.67 bits per heavy atom. The quantitative estimate of drug-likeness (QED) is 0.790. The first-order valence-corrected chi connectivity index (χ1v) is 6.55. The summed E-state index contributed by atoms with van der Waals surface area (Å²) in [6, 6.07) is 3.38. The molecule has 0 atom stereocenters. The number of carbonyl (C=O) groups is 1. The highest BCUT2D eigenvalue weighted by Crippen LogP contribution is 2.16. The van der Waals surface area contributed by atoms with E-state index in [1.807, 2.05) is 0 Å². The molecule has 98 valence electrons. The van der Waals surface area contributed by atoms with Crippen LogP contribution in [-0.4, -0.2) is 26.0 Å². The van der Waals surface area contributed by atoms with Gasteiger partial charge in [0.05, 0.1) is 0 Å². The largest absolute Gasteiger partial charge is 0.478 e. The lowest BCUT2D eigenvalue weighted by molar-refractivity contribution is -0.131. The second kappa shape index (κ2) is 5.74. The third-order valence-corrected chi connectivity index (χ3v) is 3.58. The van der Waals surface area contributed by atoms with Crippen molar-refractivity contribution < 1.29 is 22.7 Å². The number of carboxylic acid groups (broad SMARTS) is 1. The van der Waals surface area contributed by atoms with Crippen molar-refractivity contribution in [3.05, 3.63) is 35.7 Å². The van der Waals surface area contributed by atoms with Crippen LogP contribution < -0.4 is 4.72 Å². The van der Waals surface area contributed by atoms with E-state index in [9.17, 15) is 17.6 Å². The predicted octanol–water partition coefficient (Wildman–Crippen LogP) is 1.22. The Kier molecular flexibility index (Phi) is 4.57. The maximum atomic E-state index is 13.6. The third kappa shape index (κ3) is 3.64. The Hall–Kier alpha value is -1.73. The van der Waals surface area contributed by atoms with Gasteiger partial charge in [0.25, 0.3) is 0 Å². The van der Waals surface area contributed by atoms with E-state index in [0.717, 1.165) is 18.2 Å². The molecular formula is C11H12FNO4S. The van der Waals surface area contributed by atoms with Gasteiger partial charge in [0.2, 0.25) is 10.0 Å². The highest BCUT2D eigenvalue weighted by atomic mass is 32.2.